The van der Waals surface area contributed by atoms with Crippen molar-refractivity contribution >= 4 is 24.2 Å². The van der Waals surface area contributed by atoms with Gasteiger partial charge in [0.2, 0.25) is 5.64 Å². The first-order chi connectivity index (χ1) is 13.2. The van der Waals surface area contributed by atoms with Crippen LogP contribution in [0.5, 0.6) is 0 Å². The fraction of sp³-hybridized carbons (Fsp3) is 0.208. The maximum Gasteiger partial charge on any atom is 0.215 e. The number of aliphatic imine (C=N–C) groups is 1. The monoisotopic (exact) mass is 373 g/mol. The molecule has 1 aliphatic rings. The van der Waals surface area contributed by atoms with Crippen molar-refractivity contribution < 1.29 is 4.74 Å². The zero-order valence-corrected chi connectivity index (χ0v) is 16.6. The van der Waals surface area contributed by atoms with Gasteiger partial charge in [0.25, 0.3) is 0 Å². The third kappa shape index (κ3) is 3.82. The number of ether oxygens (including phenoxy) is 1. The summed E-state index contributed by atoms with van der Waals surface area (Å²) in [7, 11) is -0.820. The van der Waals surface area contributed by atoms with Crippen LogP contribution in [0.2, 0.25) is 0 Å². The van der Waals surface area contributed by atoms with Gasteiger partial charge in [-0.1, -0.05) is 98.8 Å². The second-order valence-corrected chi connectivity index (χ2v) is 9.14. The Morgan fingerprint density at radius 1 is 0.852 bits per heavy atom. The number of hydrogen-bond acceptors (Lipinski definition) is 2. The maximum atomic E-state index is 6.17. The van der Waals surface area contributed by atoms with Crippen LogP contribution >= 0.6 is 7.92 Å². The molecule has 2 nitrogen and oxygen atoms in total. The lowest BCUT2D eigenvalue weighted by atomic mass is 10.1. The van der Waals surface area contributed by atoms with Gasteiger partial charge in [0.15, 0.2) is 0 Å². The Balaban J connectivity index is 1.85. The second-order valence-electron chi connectivity index (χ2n) is 7.09. The van der Waals surface area contributed by atoms with Crippen molar-refractivity contribution in [2.24, 2.45) is 10.9 Å². The number of benzene rings is 3. The Labute approximate surface area is 162 Å². The summed E-state index contributed by atoms with van der Waals surface area (Å²) in [5, 5.41) is 2.58. The van der Waals surface area contributed by atoms with Crippen molar-refractivity contribution in [3.8, 4) is 11.1 Å². The molecule has 0 N–H and O–H groups in total. The molecule has 3 aromatic carbocycles. The first kappa shape index (κ1) is 17.9. The van der Waals surface area contributed by atoms with Gasteiger partial charge < -0.3 is 4.74 Å². The SMILES string of the molecule is CC(C)[C@H]1COC(P(c2ccccc2)c2ccccc2-c2ccccc2)=N1. The zero-order valence-electron chi connectivity index (χ0n) is 15.7. The van der Waals surface area contributed by atoms with Gasteiger partial charge in [0.05, 0.1) is 6.04 Å². The largest absolute Gasteiger partial charge is 0.475 e. The maximum absolute atomic E-state index is 6.17. The molecule has 0 saturated heterocycles. The molecule has 1 aliphatic heterocycles. The van der Waals surface area contributed by atoms with Crippen LogP contribution in [0.15, 0.2) is 89.9 Å². The van der Waals surface area contributed by atoms with Gasteiger partial charge in [-0.3, -0.25) is 0 Å². The average Bonchev–Trinajstić information content (AvgIpc) is 3.20. The molecule has 0 fully saturated rings. The van der Waals surface area contributed by atoms with E-state index in [-0.39, 0.29) is 6.04 Å². The summed E-state index contributed by atoms with van der Waals surface area (Å²) < 4.78 is 6.17. The Hall–Kier alpha value is -2.44. The van der Waals surface area contributed by atoms with Gasteiger partial charge in [-0.15, -0.1) is 0 Å². The Kier molecular flexibility index (Phi) is 5.36. The third-order valence-corrected chi connectivity index (χ3v) is 7.18. The molecule has 0 aliphatic carbocycles. The lowest BCUT2D eigenvalue weighted by Gasteiger charge is -2.21. The topological polar surface area (TPSA) is 21.6 Å². The van der Waals surface area contributed by atoms with Crippen LogP contribution in [0.1, 0.15) is 13.8 Å². The molecular weight excluding hydrogens is 349 g/mol. The van der Waals surface area contributed by atoms with Crippen molar-refractivity contribution in [3.05, 3.63) is 84.9 Å². The molecule has 0 amide bonds. The molecule has 1 heterocycles. The Morgan fingerprint density at radius 3 is 2.15 bits per heavy atom. The minimum absolute atomic E-state index is 0.248. The molecule has 0 spiro atoms. The van der Waals surface area contributed by atoms with Crippen molar-refractivity contribution in [3.63, 3.8) is 0 Å². The summed E-state index contributed by atoms with van der Waals surface area (Å²) >= 11 is 0. The Bertz CT molecular complexity index is 921. The van der Waals surface area contributed by atoms with Crippen molar-refractivity contribution in [2.45, 2.75) is 19.9 Å². The molecule has 0 aromatic heterocycles. The average molecular weight is 373 g/mol. The quantitative estimate of drug-likeness (QED) is 0.564. The van der Waals surface area contributed by atoms with Gasteiger partial charge in [-0.25, -0.2) is 4.99 Å². The van der Waals surface area contributed by atoms with Crippen LogP contribution < -0.4 is 10.6 Å². The van der Waals surface area contributed by atoms with E-state index in [1.54, 1.807) is 0 Å². The van der Waals surface area contributed by atoms with Gasteiger partial charge in [0.1, 0.15) is 6.61 Å². The van der Waals surface area contributed by atoms with Crippen LogP contribution in [-0.4, -0.2) is 18.3 Å². The van der Waals surface area contributed by atoms with Crippen molar-refractivity contribution in [1.82, 2.24) is 0 Å². The van der Waals surface area contributed by atoms with Crippen LogP contribution in [0.3, 0.4) is 0 Å². The van der Waals surface area contributed by atoms with E-state index in [9.17, 15) is 0 Å². The minimum Gasteiger partial charge on any atom is -0.475 e. The standard InChI is InChI=1S/C24H24NOP/c1-18(2)22-17-26-24(25-22)27(20-13-7-4-8-14-20)23-16-10-9-15-21(23)19-11-5-3-6-12-19/h3-16,18,22H,17H2,1-2H3/t22-,27?/m1/s1. The molecule has 3 aromatic rings. The normalized spacial score (nSPS) is 17.4. The summed E-state index contributed by atoms with van der Waals surface area (Å²) in [5.41, 5.74) is 3.39. The first-order valence-corrected chi connectivity index (χ1v) is 10.8. The van der Waals surface area contributed by atoms with Crippen molar-refractivity contribution in [2.75, 3.05) is 6.61 Å². The number of hydrogen-bond donors (Lipinski definition) is 0. The third-order valence-electron chi connectivity index (χ3n) is 4.86. The minimum atomic E-state index is -0.820. The molecular formula is C24H24NOP. The second kappa shape index (κ2) is 8.06. The van der Waals surface area contributed by atoms with Gasteiger partial charge in [-0.05, 0) is 27.7 Å². The summed E-state index contributed by atoms with van der Waals surface area (Å²) in [4.78, 5) is 5.00. The van der Waals surface area contributed by atoms with E-state index in [1.807, 2.05) is 0 Å². The van der Waals surface area contributed by atoms with E-state index < -0.39 is 7.92 Å². The molecule has 27 heavy (non-hydrogen) atoms. The van der Waals surface area contributed by atoms with E-state index in [1.165, 1.54) is 21.7 Å². The molecule has 4 rings (SSSR count). The van der Waals surface area contributed by atoms with Crippen LogP contribution in [-0.2, 0) is 4.74 Å². The molecule has 2 atom stereocenters. The molecule has 0 saturated carbocycles. The highest BCUT2D eigenvalue weighted by molar-refractivity contribution is 7.87. The van der Waals surface area contributed by atoms with E-state index in [2.05, 4.69) is 98.8 Å². The molecule has 1 unspecified atom stereocenters. The molecule has 136 valence electrons. The first-order valence-electron chi connectivity index (χ1n) is 9.44. The molecule has 0 radical (unpaired) electrons. The highest BCUT2D eigenvalue weighted by Crippen LogP contribution is 2.42. The number of rotatable bonds is 5. The van der Waals surface area contributed by atoms with E-state index >= 15 is 0 Å². The highest BCUT2D eigenvalue weighted by atomic mass is 31.1. The van der Waals surface area contributed by atoms with Crippen LogP contribution in [0, 0.1) is 5.92 Å². The lowest BCUT2D eigenvalue weighted by Crippen LogP contribution is -2.20. The van der Waals surface area contributed by atoms with E-state index in [4.69, 9.17) is 9.73 Å². The van der Waals surface area contributed by atoms with Crippen molar-refractivity contribution in [1.29, 1.82) is 0 Å². The van der Waals surface area contributed by atoms with Gasteiger partial charge >= 0.3 is 0 Å². The molecule has 0 bridgehead atoms. The summed E-state index contributed by atoms with van der Waals surface area (Å²) in [5.74, 6) is 0.486. The number of nitrogens with zero attached hydrogens (tertiary/aromatic N) is 1. The zero-order chi connectivity index (χ0) is 18.6. The van der Waals surface area contributed by atoms with Gasteiger partial charge in [-0.2, -0.15) is 0 Å². The predicted octanol–water partition coefficient (Wildman–Crippen LogP) is 5.20. The lowest BCUT2D eigenvalue weighted by molar-refractivity contribution is 0.296. The fourth-order valence-corrected chi connectivity index (χ4v) is 5.62. The predicted molar refractivity (Wildman–Crippen MR) is 117 cm³/mol. The van der Waals surface area contributed by atoms with E-state index in [0.717, 1.165) is 5.64 Å². The highest BCUT2D eigenvalue weighted by Gasteiger charge is 2.31. The summed E-state index contributed by atoms with van der Waals surface area (Å²) in [6, 6.07) is 30.2. The molecule has 3 heteroatoms. The van der Waals surface area contributed by atoms with Gasteiger partial charge in [0, 0.05) is 7.92 Å². The fourth-order valence-electron chi connectivity index (χ4n) is 3.30. The Morgan fingerprint density at radius 2 is 1.48 bits per heavy atom. The van der Waals surface area contributed by atoms with Crippen LogP contribution in [0.4, 0.5) is 0 Å². The smallest absolute Gasteiger partial charge is 0.215 e. The summed E-state index contributed by atoms with van der Waals surface area (Å²) in [6.07, 6.45) is 0. The van der Waals surface area contributed by atoms with Crippen LogP contribution in [0.25, 0.3) is 11.1 Å². The van der Waals surface area contributed by atoms with E-state index in [0.29, 0.717) is 12.5 Å². The summed E-state index contributed by atoms with van der Waals surface area (Å²) in [6.45, 7) is 5.11.